The number of hydrogen-bond donors (Lipinski definition) is 3. The summed E-state index contributed by atoms with van der Waals surface area (Å²) in [6.07, 6.45) is 4.79. The number of methoxy groups -OCH3 is 1. The summed E-state index contributed by atoms with van der Waals surface area (Å²) in [6, 6.07) is 12.4. The number of nitrogens with zero attached hydrogens (tertiary/aromatic N) is 1. The molecule has 0 aliphatic carbocycles. The van der Waals surface area contributed by atoms with E-state index in [1.807, 2.05) is 0 Å². The monoisotopic (exact) mass is 464 g/mol. The molecule has 0 bridgehead atoms. The number of rotatable bonds is 10. The molecule has 3 amide bonds. The van der Waals surface area contributed by atoms with Gasteiger partial charge in [0, 0.05) is 24.2 Å². The van der Waals surface area contributed by atoms with Crippen molar-refractivity contribution in [3.8, 4) is 12.3 Å². The van der Waals surface area contributed by atoms with Crippen molar-refractivity contribution in [2.75, 3.05) is 32.1 Å². The zero-order valence-corrected chi connectivity index (χ0v) is 19.2. The lowest BCUT2D eigenvalue weighted by atomic mass is 10.1. The average Bonchev–Trinajstić information content (AvgIpc) is 2.85. The number of Topliss-reactive ketones (excluding diaryl/α,β-unsaturated/α-hetero) is 1. The van der Waals surface area contributed by atoms with Crippen molar-refractivity contribution < 1.29 is 23.9 Å². The van der Waals surface area contributed by atoms with E-state index in [1.54, 1.807) is 55.5 Å². The summed E-state index contributed by atoms with van der Waals surface area (Å²) in [5.74, 6) is 1.18. The van der Waals surface area contributed by atoms with Gasteiger partial charge in [0.1, 0.15) is 6.04 Å². The first kappa shape index (κ1) is 26.1. The number of alkyl carbamates (subject to hydrolysis) is 1. The summed E-state index contributed by atoms with van der Waals surface area (Å²) in [4.78, 5) is 51.3. The quantitative estimate of drug-likeness (QED) is 0.364. The van der Waals surface area contributed by atoms with Crippen molar-refractivity contribution in [3.05, 3.63) is 65.2 Å². The molecule has 2 aromatic carbocycles. The van der Waals surface area contributed by atoms with Gasteiger partial charge in [0.2, 0.25) is 11.8 Å². The molecular weight excluding hydrogens is 436 g/mol. The predicted molar refractivity (Wildman–Crippen MR) is 128 cm³/mol. The first-order chi connectivity index (χ1) is 16.3. The van der Waals surface area contributed by atoms with Crippen molar-refractivity contribution in [1.29, 1.82) is 0 Å². The second-order valence-electron chi connectivity index (χ2n) is 7.40. The highest BCUT2D eigenvalue weighted by atomic mass is 16.5. The fraction of sp³-hybridized carbons (Fsp3) is 0.280. The van der Waals surface area contributed by atoms with Crippen LogP contribution in [0.1, 0.15) is 33.9 Å². The lowest BCUT2D eigenvalue weighted by Crippen LogP contribution is -2.46. The minimum atomic E-state index is -1.08. The SMILES string of the molecule is C#CCCN(CC(=O)Nc1cc(C(=O)CN)ccc1C)C(=O)C(NC(=O)OC)c1ccccc1. The Morgan fingerprint density at radius 3 is 2.47 bits per heavy atom. The number of anilines is 1. The molecule has 0 saturated heterocycles. The van der Waals surface area contributed by atoms with Crippen molar-refractivity contribution in [1.82, 2.24) is 10.2 Å². The third-order valence-electron chi connectivity index (χ3n) is 5.02. The number of terminal acetylenes is 1. The smallest absolute Gasteiger partial charge is 0.407 e. The van der Waals surface area contributed by atoms with Gasteiger partial charge in [-0.05, 0) is 24.1 Å². The minimum absolute atomic E-state index is 0.0968. The Balaban J connectivity index is 2.26. The topological polar surface area (TPSA) is 131 Å². The molecule has 0 fully saturated rings. The number of hydrogen-bond acceptors (Lipinski definition) is 6. The number of ketones is 1. The van der Waals surface area contributed by atoms with Gasteiger partial charge in [0.05, 0.1) is 20.2 Å². The number of carbonyl (C=O) groups excluding carboxylic acids is 4. The molecule has 0 aromatic heterocycles. The summed E-state index contributed by atoms with van der Waals surface area (Å²) >= 11 is 0. The lowest BCUT2D eigenvalue weighted by molar-refractivity contribution is -0.136. The highest BCUT2D eigenvalue weighted by Gasteiger charge is 2.29. The van der Waals surface area contributed by atoms with Gasteiger partial charge >= 0.3 is 6.09 Å². The van der Waals surface area contributed by atoms with Crippen LogP contribution in [0.5, 0.6) is 0 Å². The highest BCUT2D eigenvalue weighted by molar-refractivity contribution is 6.01. The van der Waals surface area contributed by atoms with E-state index in [0.29, 0.717) is 16.8 Å². The molecule has 2 aromatic rings. The van der Waals surface area contributed by atoms with E-state index in [0.717, 1.165) is 5.56 Å². The Hall–Kier alpha value is -4.16. The standard InChI is InChI=1S/C25H28N4O5/c1-4-5-13-29(24(32)23(28-25(33)34-3)18-9-7-6-8-10-18)16-22(31)27-20-14-19(21(30)15-26)12-11-17(20)2/h1,6-12,14,23H,5,13,15-16,26H2,2-3H3,(H,27,31)(H,28,33). The molecule has 0 saturated carbocycles. The molecule has 178 valence electrons. The molecule has 0 spiro atoms. The van der Waals surface area contributed by atoms with E-state index in [1.165, 1.54) is 12.0 Å². The number of amides is 3. The number of nitrogens with two attached hydrogens (primary N) is 1. The van der Waals surface area contributed by atoms with E-state index in [9.17, 15) is 19.2 Å². The summed E-state index contributed by atoms with van der Waals surface area (Å²) in [5.41, 5.74) is 7.48. The molecule has 0 heterocycles. The molecule has 4 N–H and O–H groups in total. The number of ether oxygens (including phenoxy) is 1. The lowest BCUT2D eigenvalue weighted by Gasteiger charge is -2.27. The largest absolute Gasteiger partial charge is 0.453 e. The molecule has 0 aliphatic rings. The van der Waals surface area contributed by atoms with Gasteiger partial charge in [-0.15, -0.1) is 12.3 Å². The van der Waals surface area contributed by atoms with Crippen molar-refractivity contribution in [3.63, 3.8) is 0 Å². The Kier molecular flexibility index (Phi) is 9.80. The van der Waals surface area contributed by atoms with Gasteiger partial charge in [0.25, 0.3) is 0 Å². The fourth-order valence-electron chi connectivity index (χ4n) is 3.17. The maximum Gasteiger partial charge on any atom is 0.407 e. The van der Waals surface area contributed by atoms with Crippen LogP contribution in [-0.2, 0) is 14.3 Å². The number of aryl methyl sites for hydroxylation is 1. The third kappa shape index (κ3) is 7.18. The molecule has 1 unspecified atom stereocenters. The number of benzene rings is 2. The summed E-state index contributed by atoms with van der Waals surface area (Å²) in [6.45, 7) is 1.40. The van der Waals surface area contributed by atoms with Crippen LogP contribution < -0.4 is 16.4 Å². The zero-order valence-electron chi connectivity index (χ0n) is 19.2. The van der Waals surface area contributed by atoms with E-state index < -0.39 is 23.9 Å². The highest BCUT2D eigenvalue weighted by Crippen LogP contribution is 2.19. The van der Waals surface area contributed by atoms with Crippen LogP contribution in [0.4, 0.5) is 10.5 Å². The molecule has 34 heavy (non-hydrogen) atoms. The Bertz CT molecular complexity index is 1080. The molecule has 1 atom stereocenters. The first-order valence-corrected chi connectivity index (χ1v) is 10.6. The Morgan fingerprint density at radius 1 is 1.15 bits per heavy atom. The van der Waals surface area contributed by atoms with Gasteiger partial charge in [-0.3, -0.25) is 14.4 Å². The first-order valence-electron chi connectivity index (χ1n) is 10.6. The molecule has 2 rings (SSSR count). The van der Waals surface area contributed by atoms with Gasteiger partial charge in [-0.25, -0.2) is 4.79 Å². The second-order valence-corrected chi connectivity index (χ2v) is 7.40. The van der Waals surface area contributed by atoms with Crippen LogP contribution in [0, 0.1) is 19.3 Å². The molecule has 0 radical (unpaired) electrons. The third-order valence-corrected chi connectivity index (χ3v) is 5.02. The Labute approximate surface area is 198 Å². The van der Waals surface area contributed by atoms with E-state index in [4.69, 9.17) is 12.2 Å². The zero-order chi connectivity index (χ0) is 25.1. The molecular formula is C25H28N4O5. The number of nitrogens with one attached hydrogen (secondary N) is 2. The summed E-state index contributed by atoms with van der Waals surface area (Å²) in [7, 11) is 1.19. The van der Waals surface area contributed by atoms with Crippen LogP contribution in [0.2, 0.25) is 0 Å². The van der Waals surface area contributed by atoms with Crippen LogP contribution in [0.3, 0.4) is 0 Å². The maximum atomic E-state index is 13.4. The molecule has 9 heteroatoms. The predicted octanol–water partition coefficient (Wildman–Crippen LogP) is 2.02. The van der Waals surface area contributed by atoms with E-state index >= 15 is 0 Å². The summed E-state index contributed by atoms with van der Waals surface area (Å²) in [5, 5.41) is 5.25. The van der Waals surface area contributed by atoms with Crippen molar-refractivity contribution in [2.24, 2.45) is 5.73 Å². The van der Waals surface area contributed by atoms with Crippen molar-refractivity contribution in [2.45, 2.75) is 19.4 Å². The van der Waals surface area contributed by atoms with Gasteiger partial charge in [0.15, 0.2) is 5.78 Å². The van der Waals surface area contributed by atoms with Crippen LogP contribution in [0.25, 0.3) is 0 Å². The number of carbonyl (C=O) groups is 4. The maximum absolute atomic E-state index is 13.4. The average molecular weight is 465 g/mol. The normalized spacial score (nSPS) is 11.0. The van der Waals surface area contributed by atoms with Gasteiger partial charge < -0.3 is 26.0 Å². The van der Waals surface area contributed by atoms with Crippen LogP contribution >= 0.6 is 0 Å². The van der Waals surface area contributed by atoms with E-state index in [2.05, 4.69) is 21.3 Å². The Morgan fingerprint density at radius 2 is 1.85 bits per heavy atom. The van der Waals surface area contributed by atoms with Crippen LogP contribution in [0.15, 0.2) is 48.5 Å². The summed E-state index contributed by atoms with van der Waals surface area (Å²) < 4.78 is 4.66. The molecule has 0 aliphatic heterocycles. The van der Waals surface area contributed by atoms with Crippen LogP contribution in [-0.4, -0.2) is 55.3 Å². The minimum Gasteiger partial charge on any atom is -0.453 e. The fourth-order valence-corrected chi connectivity index (χ4v) is 3.17. The molecule has 9 nitrogen and oxygen atoms in total. The van der Waals surface area contributed by atoms with E-state index in [-0.39, 0.29) is 31.8 Å². The van der Waals surface area contributed by atoms with Crippen molar-refractivity contribution >= 4 is 29.4 Å². The van der Waals surface area contributed by atoms with Gasteiger partial charge in [-0.2, -0.15) is 0 Å². The second kappa shape index (κ2) is 12.8. The van der Waals surface area contributed by atoms with Gasteiger partial charge in [-0.1, -0.05) is 42.5 Å².